The molecule has 0 aromatic heterocycles. The second kappa shape index (κ2) is 4.61. The zero-order valence-electron chi connectivity index (χ0n) is 9.06. The first-order chi connectivity index (χ1) is 7.59. The Labute approximate surface area is 109 Å². The maximum absolute atomic E-state index is 11.0. The Bertz CT molecular complexity index is 408. The molecular weight excluding hydrogens is 317 g/mol. The van der Waals surface area contributed by atoms with Gasteiger partial charge in [-0.2, -0.15) is 0 Å². The number of benzene rings is 1. The van der Waals surface area contributed by atoms with Crippen LogP contribution in [0.2, 0.25) is 0 Å². The Balaban J connectivity index is 2.24. The topological polar surface area (TPSA) is 40.5 Å². The van der Waals surface area contributed by atoms with Crippen molar-refractivity contribution >= 4 is 28.7 Å². The van der Waals surface area contributed by atoms with Crippen LogP contribution in [0.25, 0.3) is 0 Å². The van der Waals surface area contributed by atoms with Crippen molar-refractivity contribution in [3.63, 3.8) is 0 Å². The molecule has 1 aliphatic rings. The summed E-state index contributed by atoms with van der Waals surface area (Å²) in [6, 6.07) is 8.39. The minimum absolute atomic E-state index is 0.0907. The summed E-state index contributed by atoms with van der Waals surface area (Å²) in [6.07, 6.45) is 0.942. The number of amides is 1. The van der Waals surface area contributed by atoms with Crippen molar-refractivity contribution in [2.24, 2.45) is 0 Å². The van der Waals surface area contributed by atoms with Crippen LogP contribution < -0.4 is 0 Å². The van der Waals surface area contributed by atoms with Crippen molar-refractivity contribution in [3.8, 4) is 0 Å². The normalized spacial score (nSPS) is 23.6. The number of hydrogen-bond donors (Lipinski definition) is 1. The number of halogens is 1. The summed E-state index contributed by atoms with van der Waals surface area (Å²) in [5, 5.41) is 9.02. The van der Waals surface area contributed by atoms with Crippen LogP contribution in [-0.4, -0.2) is 33.1 Å². The maximum Gasteiger partial charge on any atom is 0.407 e. The predicted molar refractivity (Wildman–Crippen MR) is 71.2 cm³/mol. The summed E-state index contributed by atoms with van der Waals surface area (Å²) >= 11 is 2.36. The van der Waals surface area contributed by atoms with Gasteiger partial charge in [0.1, 0.15) is 0 Å². The fourth-order valence-corrected chi connectivity index (χ4v) is 3.39. The first-order valence-electron chi connectivity index (χ1n) is 5.26. The van der Waals surface area contributed by atoms with E-state index in [1.807, 2.05) is 12.1 Å². The van der Waals surface area contributed by atoms with E-state index in [4.69, 9.17) is 5.11 Å². The van der Waals surface area contributed by atoms with E-state index in [0.717, 1.165) is 12.8 Å². The molecule has 0 bridgehead atoms. The van der Waals surface area contributed by atoms with Crippen molar-refractivity contribution in [2.45, 2.75) is 22.8 Å². The number of likely N-dealkylation sites (N-methyl/N-ethyl adjacent to an activating group) is 1. The van der Waals surface area contributed by atoms with Crippen LogP contribution >= 0.6 is 22.6 Å². The number of carbonyl (C=O) groups is 1. The lowest BCUT2D eigenvalue weighted by Gasteiger charge is -2.34. The molecule has 4 heteroatoms. The summed E-state index contributed by atoms with van der Waals surface area (Å²) in [5.74, 6) is 0. The molecule has 2 atom stereocenters. The lowest BCUT2D eigenvalue weighted by Crippen LogP contribution is -2.46. The molecule has 0 spiro atoms. The van der Waals surface area contributed by atoms with Gasteiger partial charge < -0.3 is 10.0 Å². The van der Waals surface area contributed by atoms with E-state index in [-0.39, 0.29) is 6.04 Å². The summed E-state index contributed by atoms with van der Waals surface area (Å²) in [4.78, 5) is 12.4. The largest absolute Gasteiger partial charge is 0.465 e. The molecule has 2 unspecified atom stereocenters. The highest BCUT2D eigenvalue weighted by Gasteiger charge is 2.31. The molecule has 1 aromatic rings. The third-order valence-corrected chi connectivity index (χ3v) is 4.45. The number of carboxylic acid groups (broad SMARTS) is 1. The van der Waals surface area contributed by atoms with E-state index >= 15 is 0 Å². The number of fused-ring (bicyclic) bond motifs is 1. The van der Waals surface area contributed by atoms with E-state index < -0.39 is 6.09 Å². The molecule has 0 saturated heterocycles. The Morgan fingerprint density at radius 1 is 1.38 bits per heavy atom. The van der Waals surface area contributed by atoms with Gasteiger partial charge in [-0.15, -0.1) is 0 Å². The second-order valence-electron chi connectivity index (χ2n) is 4.15. The number of hydrogen-bond acceptors (Lipinski definition) is 1. The van der Waals surface area contributed by atoms with Gasteiger partial charge >= 0.3 is 6.09 Å². The van der Waals surface area contributed by atoms with Gasteiger partial charge in [-0.25, -0.2) is 4.79 Å². The third-order valence-electron chi connectivity index (χ3n) is 3.18. The molecule has 16 heavy (non-hydrogen) atoms. The fraction of sp³-hybridized carbons (Fsp3) is 0.417. The average Bonchev–Trinajstić information content (AvgIpc) is 2.27. The van der Waals surface area contributed by atoms with Crippen molar-refractivity contribution < 1.29 is 9.90 Å². The zero-order chi connectivity index (χ0) is 11.7. The highest BCUT2D eigenvalue weighted by Crippen LogP contribution is 2.28. The lowest BCUT2D eigenvalue weighted by molar-refractivity contribution is 0.136. The quantitative estimate of drug-likeness (QED) is 0.635. The molecule has 1 aliphatic carbocycles. The van der Waals surface area contributed by atoms with Crippen LogP contribution in [0.1, 0.15) is 11.1 Å². The smallest absolute Gasteiger partial charge is 0.407 e. The van der Waals surface area contributed by atoms with Crippen molar-refractivity contribution in [1.82, 2.24) is 4.90 Å². The van der Waals surface area contributed by atoms with Gasteiger partial charge in [0.05, 0.1) is 6.04 Å². The number of rotatable bonds is 1. The molecule has 86 valence electrons. The number of alkyl halides is 1. The van der Waals surface area contributed by atoms with Gasteiger partial charge in [-0.1, -0.05) is 46.9 Å². The molecule has 1 aromatic carbocycles. The minimum Gasteiger partial charge on any atom is -0.465 e. The zero-order valence-corrected chi connectivity index (χ0v) is 11.2. The minimum atomic E-state index is -0.842. The van der Waals surface area contributed by atoms with E-state index in [0.29, 0.717) is 3.92 Å². The molecule has 0 saturated carbocycles. The van der Waals surface area contributed by atoms with E-state index in [2.05, 4.69) is 34.7 Å². The molecule has 1 N–H and O–H groups in total. The summed E-state index contributed by atoms with van der Waals surface area (Å²) in [6.45, 7) is 0. The summed E-state index contributed by atoms with van der Waals surface area (Å²) < 4.78 is 0.355. The maximum atomic E-state index is 11.0. The molecule has 2 rings (SSSR count). The second-order valence-corrected chi connectivity index (χ2v) is 5.75. The highest BCUT2D eigenvalue weighted by molar-refractivity contribution is 14.1. The van der Waals surface area contributed by atoms with Gasteiger partial charge in [-0.05, 0) is 24.0 Å². The van der Waals surface area contributed by atoms with E-state index in [9.17, 15) is 4.79 Å². The molecular formula is C12H14INO2. The van der Waals surface area contributed by atoms with E-state index in [1.165, 1.54) is 16.0 Å². The Kier molecular flexibility index (Phi) is 3.37. The van der Waals surface area contributed by atoms with Gasteiger partial charge in [0.25, 0.3) is 0 Å². The van der Waals surface area contributed by atoms with Crippen LogP contribution in [0.4, 0.5) is 4.79 Å². The summed E-state index contributed by atoms with van der Waals surface area (Å²) in [7, 11) is 1.66. The standard InChI is InChI=1S/C12H14INO2/c1-14(12(15)16)11-7-9-5-3-2-4-8(9)6-10(11)13/h2-5,10-11H,6-7H2,1H3,(H,15,16). The third kappa shape index (κ3) is 2.16. The SMILES string of the molecule is CN(C(=O)O)C1Cc2ccccc2CC1I. The van der Waals surface area contributed by atoms with Crippen molar-refractivity contribution in [2.75, 3.05) is 7.05 Å². The molecule has 1 amide bonds. The van der Waals surface area contributed by atoms with Gasteiger partial charge in [-0.3, -0.25) is 0 Å². The first-order valence-corrected chi connectivity index (χ1v) is 6.50. The van der Waals surface area contributed by atoms with Crippen LogP contribution in [0.15, 0.2) is 24.3 Å². The molecule has 0 radical (unpaired) electrons. The molecule has 3 nitrogen and oxygen atoms in total. The predicted octanol–water partition coefficient (Wildman–Crippen LogP) is 2.57. The van der Waals surface area contributed by atoms with Gasteiger partial charge in [0.15, 0.2) is 0 Å². The average molecular weight is 331 g/mol. The monoisotopic (exact) mass is 331 g/mol. The molecule has 0 fully saturated rings. The molecule has 0 aliphatic heterocycles. The van der Waals surface area contributed by atoms with Crippen LogP contribution in [-0.2, 0) is 12.8 Å². The number of nitrogens with zero attached hydrogens (tertiary/aromatic N) is 1. The van der Waals surface area contributed by atoms with Crippen LogP contribution in [0.5, 0.6) is 0 Å². The first kappa shape index (κ1) is 11.7. The van der Waals surface area contributed by atoms with E-state index in [1.54, 1.807) is 7.05 Å². The molecule has 0 heterocycles. The fourth-order valence-electron chi connectivity index (χ4n) is 2.18. The van der Waals surface area contributed by atoms with Gasteiger partial charge in [0, 0.05) is 11.0 Å². The Morgan fingerprint density at radius 2 is 1.94 bits per heavy atom. The van der Waals surface area contributed by atoms with Crippen LogP contribution in [0, 0.1) is 0 Å². The summed E-state index contributed by atoms with van der Waals surface area (Å²) in [5.41, 5.74) is 2.64. The highest BCUT2D eigenvalue weighted by atomic mass is 127. The Hall–Kier alpha value is -0.780. The van der Waals surface area contributed by atoms with Crippen LogP contribution in [0.3, 0.4) is 0 Å². The Morgan fingerprint density at radius 3 is 2.50 bits per heavy atom. The lowest BCUT2D eigenvalue weighted by atomic mass is 9.88. The van der Waals surface area contributed by atoms with Crippen molar-refractivity contribution in [1.29, 1.82) is 0 Å². The van der Waals surface area contributed by atoms with Gasteiger partial charge in [0.2, 0.25) is 0 Å². The van der Waals surface area contributed by atoms with Crippen molar-refractivity contribution in [3.05, 3.63) is 35.4 Å².